The van der Waals surface area contributed by atoms with E-state index in [1.807, 2.05) is 0 Å². The molecule has 1 heterocycles. The van der Waals surface area contributed by atoms with Crippen molar-refractivity contribution < 1.29 is 45.4 Å². The molecule has 1 unspecified atom stereocenters. The Bertz CT molecular complexity index is 1140. The second kappa shape index (κ2) is 9.82. The Morgan fingerprint density at radius 1 is 1.00 bits per heavy atom. The molecule has 0 bridgehead atoms. The predicted molar refractivity (Wildman–Crippen MR) is 123 cm³/mol. The molecule has 11 heteroatoms. The van der Waals surface area contributed by atoms with Crippen LogP contribution in [0.25, 0.3) is 0 Å². The van der Waals surface area contributed by atoms with Crippen LogP contribution in [0.2, 0.25) is 0 Å². The molecular weight excluding hydrogens is 519 g/mol. The van der Waals surface area contributed by atoms with Crippen molar-refractivity contribution in [2.45, 2.75) is 75.2 Å². The average molecular weight is 548 g/mol. The molecule has 2 fully saturated rings. The lowest BCUT2D eigenvalue weighted by Gasteiger charge is -2.33. The average Bonchev–Trinajstić information content (AvgIpc) is 3.31. The minimum absolute atomic E-state index is 0.0714. The number of rotatable bonds is 5. The van der Waals surface area contributed by atoms with Crippen LogP contribution in [-0.4, -0.2) is 40.7 Å². The molecule has 4 rings (SSSR count). The SMILES string of the molecule is C[C@@H](O[C@H]1CC[C@@H](C2C[C@](C)(O)C(=O)N2C)[C@@H]1c1ccc(F)cc1)c1cc(C(F)(F)F)cc(C(F)(F)F)c1. The van der Waals surface area contributed by atoms with Gasteiger partial charge in [0, 0.05) is 25.4 Å². The zero-order valence-electron chi connectivity index (χ0n) is 20.9. The number of ether oxygens (including phenoxy) is 1. The third-order valence-electron chi connectivity index (χ3n) is 7.74. The summed E-state index contributed by atoms with van der Waals surface area (Å²) in [6.07, 6.45) is -10.7. The fraction of sp³-hybridized carbons (Fsp3) is 0.519. The van der Waals surface area contributed by atoms with E-state index in [0.717, 1.165) is 0 Å². The number of aliphatic hydroxyl groups is 1. The molecule has 1 amide bonds. The molecule has 2 aromatic carbocycles. The fourth-order valence-electron chi connectivity index (χ4n) is 5.88. The second-order valence-electron chi connectivity index (χ2n) is 10.4. The first-order chi connectivity index (χ1) is 17.5. The Balaban J connectivity index is 1.67. The predicted octanol–water partition coefficient (Wildman–Crippen LogP) is 6.49. The van der Waals surface area contributed by atoms with E-state index in [0.29, 0.717) is 30.5 Å². The fourth-order valence-corrected chi connectivity index (χ4v) is 5.88. The molecule has 1 saturated heterocycles. The maximum Gasteiger partial charge on any atom is 0.416 e. The highest BCUT2D eigenvalue weighted by molar-refractivity contribution is 5.87. The summed E-state index contributed by atoms with van der Waals surface area (Å²) in [6, 6.07) is 6.62. The summed E-state index contributed by atoms with van der Waals surface area (Å²) in [5, 5.41) is 10.5. The number of likely N-dealkylation sites (N-methyl/N-ethyl adjacent to an activating group) is 1. The first-order valence-corrected chi connectivity index (χ1v) is 12.2. The van der Waals surface area contributed by atoms with Crippen molar-refractivity contribution in [2.75, 3.05) is 7.05 Å². The van der Waals surface area contributed by atoms with Gasteiger partial charge < -0.3 is 14.7 Å². The van der Waals surface area contributed by atoms with Crippen molar-refractivity contribution in [3.63, 3.8) is 0 Å². The molecule has 1 aliphatic heterocycles. The lowest BCUT2D eigenvalue weighted by Crippen LogP contribution is -2.39. The van der Waals surface area contributed by atoms with Crippen molar-refractivity contribution in [3.8, 4) is 0 Å². The van der Waals surface area contributed by atoms with Crippen LogP contribution in [0.1, 0.15) is 67.4 Å². The highest BCUT2D eigenvalue weighted by Gasteiger charge is 2.53. The Labute approximate surface area is 215 Å². The first-order valence-electron chi connectivity index (χ1n) is 12.2. The summed E-state index contributed by atoms with van der Waals surface area (Å²) in [4.78, 5) is 14.0. The lowest BCUT2D eigenvalue weighted by atomic mass is 9.81. The standard InChI is InChI=1S/C27H28F7NO3/c1-14(16-10-17(26(29,30)31)12-18(11-16)27(32,33)34)38-22-9-8-20(21-13-25(2,37)24(36)35(21)3)23(22)15-4-6-19(28)7-5-15/h4-7,10-12,14,20-23,37H,8-9,13H2,1-3H3/t14-,20+,21?,22+,23+,25+/m1/s1. The molecule has 6 atom stereocenters. The summed E-state index contributed by atoms with van der Waals surface area (Å²) in [5.41, 5.74) is -4.02. The zero-order valence-corrected chi connectivity index (χ0v) is 20.9. The minimum atomic E-state index is -4.98. The van der Waals surface area contributed by atoms with Crippen LogP contribution in [0.3, 0.4) is 0 Å². The third-order valence-corrected chi connectivity index (χ3v) is 7.74. The molecule has 2 aromatic rings. The highest BCUT2D eigenvalue weighted by Crippen LogP contribution is 2.49. The molecule has 0 spiro atoms. The Morgan fingerprint density at radius 3 is 2.03 bits per heavy atom. The normalized spacial score (nSPS) is 29.2. The molecular formula is C27H28F7NO3. The zero-order chi connectivity index (χ0) is 28.2. The molecule has 1 saturated carbocycles. The van der Waals surface area contributed by atoms with Crippen LogP contribution in [0.15, 0.2) is 42.5 Å². The third kappa shape index (κ3) is 5.54. The van der Waals surface area contributed by atoms with Gasteiger partial charge in [-0.05, 0) is 74.1 Å². The number of likely N-dealkylation sites (tertiary alicyclic amines) is 1. The van der Waals surface area contributed by atoms with Crippen molar-refractivity contribution in [1.82, 2.24) is 4.90 Å². The van der Waals surface area contributed by atoms with E-state index in [1.54, 1.807) is 19.2 Å². The molecule has 208 valence electrons. The van der Waals surface area contributed by atoms with Gasteiger partial charge in [0.05, 0.1) is 23.3 Å². The molecule has 1 aliphatic carbocycles. The van der Waals surface area contributed by atoms with Gasteiger partial charge in [0.2, 0.25) is 0 Å². The van der Waals surface area contributed by atoms with Gasteiger partial charge in [0.1, 0.15) is 11.4 Å². The Kier molecular flexibility index (Phi) is 7.33. The summed E-state index contributed by atoms with van der Waals surface area (Å²) >= 11 is 0. The van der Waals surface area contributed by atoms with Gasteiger partial charge in [-0.2, -0.15) is 26.3 Å². The molecule has 4 nitrogen and oxygen atoms in total. The second-order valence-corrected chi connectivity index (χ2v) is 10.4. The largest absolute Gasteiger partial charge is 0.416 e. The highest BCUT2D eigenvalue weighted by atomic mass is 19.4. The van der Waals surface area contributed by atoms with Gasteiger partial charge in [0.15, 0.2) is 0 Å². The number of amides is 1. The Hall–Kier alpha value is -2.66. The van der Waals surface area contributed by atoms with Crippen LogP contribution in [0.4, 0.5) is 30.7 Å². The van der Waals surface area contributed by atoms with E-state index in [9.17, 15) is 40.6 Å². The van der Waals surface area contributed by atoms with E-state index >= 15 is 0 Å². The topological polar surface area (TPSA) is 49.8 Å². The van der Waals surface area contributed by atoms with Crippen molar-refractivity contribution >= 4 is 5.91 Å². The number of halogens is 7. The van der Waals surface area contributed by atoms with Crippen molar-refractivity contribution in [1.29, 1.82) is 0 Å². The number of nitrogens with zero attached hydrogens (tertiary/aromatic N) is 1. The van der Waals surface area contributed by atoms with E-state index < -0.39 is 58.9 Å². The summed E-state index contributed by atoms with van der Waals surface area (Å²) in [6.45, 7) is 2.82. The quantitative estimate of drug-likeness (QED) is 0.436. The van der Waals surface area contributed by atoms with Gasteiger partial charge in [-0.15, -0.1) is 0 Å². The van der Waals surface area contributed by atoms with Crippen LogP contribution in [-0.2, 0) is 21.9 Å². The van der Waals surface area contributed by atoms with Gasteiger partial charge >= 0.3 is 12.4 Å². The Morgan fingerprint density at radius 2 is 1.55 bits per heavy atom. The van der Waals surface area contributed by atoms with Crippen LogP contribution in [0.5, 0.6) is 0 Å². The van der Waals surface area contributed by atoms with Crippen LogP contribution < -0.4 is 0 Å². The van der Waals surface area contributed by atoms with Crippen LogP contribution >= 0.6 is 0 Å². The van der Waals surface area contributed by atoms with Crippen LogP contribution in [0, 0.1) is 11.7 Å². The summed E-state index contributed by atoms with van der Waals surface area (Å²) in [7, 11) is 1.58. The number of alkyl halides is 6. The maximum absolute atomic E-state index is 13.7. The van der Waals surface area contributed by atoms with E-state index in [4.69, 9.17) is 4.74 Å². The maximum atomic E-state index is 13.7. The van der Waals surface area contributed by atoms with Gasteiger partial charge in [0.25, 0.3) is 5.91 Å². The number of hydrogen-bond acceptors (Lipinski definition) is 3. The van der Waals surface area contributed by atoms with Gasteiger partial charge in [-0.1, -0.05) is 12.1 Å². The number of hydrogen-bond donors (Lipinski definition) is 1. The molecule has 0 aromatic heterocycles. The molecule has 1 N–H and O–H groups in total. The van der Waals surface area contributed by atoms with Gasteiger partial charge in [-0.25, -0.2) is 4.39 Å². The van der Waals surface area contributed by atoms with Gasteiger partial charge in [-0.3, -0.25) is 4.79 Å². The summed E-state index contributed by atoms with van der Waals surface area (Å²) in [5.74, 6) is -1.61. The number of benzene rings is 2. The summed E-state index contributed by atoms with van der Waals surface area (Å²) < 4.78 is 100. The number of carbonyl (C=O) groups is 1. The minimum Gasteiger partial charge on any atom is -0.380 e. The lowest BCUT2D eigenvalue weighted by molar-refractivity contribution is -0.143. The number of carbonyl (C=O) groups excluding carboxylic acids is 1. The monoisotopic (exact) mass is 547 g/mol. The molecule has 2 aliphatic rings. The van der Waals surface area contributed by atoms with Crippen molar-refractivity contribution in [2.24, 2.45) is 5.92 Å². The van der Waals surface area contributed by atoms with Crippen molar-refractivity contribution in [3.05, 3.63) is 70.5 Å². The smallest absolute Gasteiger partial charge is 0.380 e. The first kappa shape index (κ1) is 28.4. The van der Waals surface area contributed by atoms with E-state index in [-0.39, 0.29) is 30.0 Å². The van der Waals surface area contributed by atoms with E-state index in [2.05, 4.69) is 0 Å². The molecule has 0 radical (unpaired) electrons. The molecule has 38 heavy (non-hydrogen) atoms. The van der Waals surface area contributed by atoms with E-state index in [1.165, 1.54) is 30.9 Å².